The molecule has 0 aromatic carbocycles. The third-order valence-corrected chi connectivity index (χ3v) is 12.6. The Bertz CT molecular complexity index is 977. The van der Waals surface area contributed by atoms with Crippen LogP contribution in [0.5, 0.6) is 0 Å². The van der Waals surface area contributed by atoms with Crippen LogP contribution in [0.15, 0.2) is 23.3 Å². The number of hydrogen-bond donors (Lipinski definition) is 0. The van der Waals surface area contributed by atoms with Gasteiger partial charge in [-0.2, -0.15) is 0 Å². The fourth-order valence-corrected chi connectivity index (χ4v) is 10.2. The summed E-state index contributed by atoms with van der Waals surface area (Å²) in [5.74, 6) is 3.52. The molecule has 5 rings (SSSR count). The van der Waals surface area contributed by atoms with Crippen LogP contribution in [0.2, 0.25) is 0 Å². The van der Waals surface area contributed by atoms with Crippen molar-refractivity contribution in [3.63, 3.8) is 0 Å². The summed E-state index contributed by atoms with van der Waals surface area (Å²) in [6.45, 7) is 8.43. The highest BCUT2D eigenvalue weighted by Crippen LogP contribution is 2.67. The monoisotopic (exact) mass is 532 g/mol. The van der Waals surface area contributed by atoms with Crippen molar-refractivity contribution in [2.45, 2.75) is 123 Å². The predicted octanol–water partition coefficient (Wildman–Crippen LogP) is 7.64. The molecule has 8 atom stereocenters. The van der Waals surface area contributed by atoms with Crippen molar-refractivity contribution < 1.29 is 17.9 Å². The Kier molecular flexibility index (Phi) is 8.36. The van der Waals surface area contributed by atoms with Crippen molar-refractivity contribution in [1.82, 2.24) is 0 Å². The molecule has 0 radical (unpaired) electrons. The quantitative estimate of drug-likeness (QED) is 0.238. The van der Waals surface area contributed by atoms with Gasteiger partial charge in [0.2, 0.25) is 0 Å². The van der Waals surface area contributed by atoms with Gasteiger partial charge in [0, 0.05) is 18.6 Å². The Labute approximate surface area is 226 Å². The van der Waals surface area contributed by atoms with E-state index in [4.69, 9.17) is 9.47 Å². The molecule has 210 valence electrons. The van der Waals surface area contributed by atoms with Crippen LogP contribution >= 0.6 is 0 Å². The maximum absolute atomic E-state index is 11.4. The van der Waals surface area contributed by atoms with E-state index in [1.54, 1.807) is 11.1 Å². The van der Waals surface area contributed by atoms with E-state index in [9.17, 15) is 8.42 Å². The lowest BCUT2D eigenvalue weighted by atomic mass is 9.47. The molecule has 4 nitrogen and oxygen atoms in total. The summed E-state index contributed by atoms with van der Waals surface area (Å²) < 4.78 is 35.2. The molecule has 4 aliphatic carbocycles. The summed E-state index contributed by atoms with van der Waals surface area (Å²) in [5, 5.41) is 0. The molecule has 1 saturated heterocycles. The number of ether oxygens (including phenoxy) is 2. The fourth-order valence-electron chi connectivity index (χ4n) is 9.51. The number of sulfone groups is 1. The molecule has 0 aromatic rings. The van der Waals surface area contributed by atoms with Gasteiger partial charge in [-0.1, -0.05) is 37.1 Å². The molecular formula is C32H52O4S. The lowest BCUT2D eigenvalue weighted by Crippen LogP contribution is -2.50. The first-order valence-electron chi connectivity index (χ1n) is 15.4. The third kappa shape index (κ3) is 5.80. The minimum Gasteiger partial charge on any atom is -0.353 e. The Balaban J connectivity index is 1.22. The zero-order valence-electron chi connectivity index (χ0n) is 24.0. The average Bonchev–Trinajstić information content (AvgIpc) is 3.21. The topological polar surface area (TPSA) is 52.6 Å². The van der Waals surface area contributed by atoms with E-state index in [0.29, 0.717) is 28.6 Å². The normalized spacial score (nSPS) is 42.5. The van der Waals surface area contributed by atoms with Gasteiger partial charge in [0.25, 0.3) is 0 Å². The molecule has 1 unspecified atom stereocenters. The second-order valence-corrected chi connectivity index (χ2v) is 16.1. The Hall–Kier alpha value is -0.650. The molecule has 3 saturated carbocycles. The molecule has 0 amide bonds. The Morgan fingerprint density at radius 2 is 1.92 bits per heavy atom. The van der Waals surface area contributed by atoms with Crippen LogP contribution in [0, 0.1) is 34.5 Å². The number of unbranched alkanes of at least 4 members (excludes halogenated alkanes) is 2. The molecule has 0 aromatic heterocycles. The second-order valence-electron chi connectivity index (χ2n) is 13.8. The van der Waals surface area contributed by atoms with Gasteiger partial charge in [-0.15, -0.1) is 0 Å². The van der Waals surface area contributed by atoms with Gasteiger partial charge in [0.05, 0.1) is 6.10 Å². The highest BCUT2D eigenvalue weighted by Gasteiger charge is 2.58. The van der Waals surface area contributed by atoms with Gasteiger partial charge >= 0.3 is 0 Å². The summed E-state index contributed by atoms with van der Waals surface area (Å²) in [5.41, 5.74) is 4.06. The van der Waals surface area contributed by atoms with E-state index in [1.165, 1.54) is 64.0 Å². The number of hydrogen-bond acceptors (Lipinski definition) is 4. The summed E-state index contributed by atoms with van der Waals surface area (Å²) in [6, 6.07) is 0. The SMILES string of the molecule is C/C(=C\CCCCS(C)(=O)=O)[C@H]1CC[C@H]2[C@@H]3CC=C4C[C@@H](OC5CCCCO5)CC[C@]4(C)[C@H]3CC[C@]12C. The van der Waals surface area contributed by atoms with Gasteiger partial charge in [-0.05, 0) is 131 Å². The van der Waals surface area contributed by atoms with Crippen LogP contribution in [0.25, 0.3) is 0 Å². The van der Waals surface area contributed by atoms with Crippen LogP contribution in [0.1, 0.15) is 111 Å². The second kappa shape index (κ2) is 11.1. The molecule has 0 spiro atoms. The molecule has 1 heterocycles. The lowest BCUT2D eigenvalue weighted by molar-refractivity contribution is -0.195. The molecule has 1 aliphatic heterocycles. The van der Waals surface area contributed by atoms with Crippen molar-refractivity contribution >= 4 is 9.84 Å². The van der Waals surface area contributed by atoms with E-state index < -0.39 is 9.84 Å². The average molecular weight is 533 g/mol. The lowest BCUT2D eigenvalue weighted by Gasteiger charge is -2.58. The summed E-state index contributed by atoms with van der Waals surface area (Å²) in [4.78, 5) is 0. The van der Waals surface area contributed by atoms with Crippen molar-refractivity contribution in [2.75, 3.05) is 18.6 Å². The first-order valence-corrected chi connectivity index (χ1v) is 17.5. The number of rotatable bonds is 8. The largest absolute Gasteiger partial charge is 0.353 e. The molecule has 5 heteroatoms. The van der Waals surface area contributed by atoms with E-state index in [2.05, 4.69) is 32.9 Å². The standard InChI is InChI=1S/C32H52O4S/c1-23(10-6-5-9-21-37(4,33)34)27-14-15-28-26-13-12-24-22-25(36-30-11-7-8-20-35-30)16-18-31(24,2)29(26)17-19-32(27,28)3/h10,12,25-30H,5-9,11,13-22H2,1-4H3/b23-10+/t25-,26-,27+,28-,29-,30?,31-,32+/m0/s1. The summed E-state index contributed by atoms with van der Waals surface area (Å²) >= 11 is 0. The van der Waals surface area contributed by atoms with Crippen LogP contribution < -0.4 is 0 Å². The number of allylic oxidation sites excluding steroid dienone is 3. The zero-order valence-corrected chi connectivity index (χ0v) is 24.8. The van der Waals surface area contributed by atoms with E-state index >= 15 is 0 Å². The smallest absolute Gasteiger partial charge is 0.157 e. The number of fused-ring (bicyclic) bond motifs is 5. The first kappa shape index (κ1) is 27.9. The predicted molar refractivity (Wildman–Crippen MR) is 151 cm³/mol. The fraction of sp³-hybridized carbons (Fsp3) is 0.875. The molecule has 0 bridgehead atoms. The van der Waals surface area contributed by atoms with E-state index in [0.717, 1.165) is 56.5 Å². The van der Waals surface area contributed by atoms with E-state index in [-0.39, 0.29) is 6.29 Å². The van der Waals surface area contributed by atoms with Crippen molar-refractivity contribution in [3.05, 3.63) is 23.3 Å². The zero-order chi connectivity index (χ0) is 26.3. The van der Waals surface area contributed by atoms with E-state index in [1.807, 2.05) is 0 Å². The highest BCUT2D eigenvalue weighted by molar-refractivity contribution is 7.90. The highest BCUT2D eigenvalue weighted by atomic mass is 32.2. The van der Waals surface area contributed by atoms with Crippen LogP contribution in [0.3, 0.4) is 0 Å². The molecule has 37 heavy (non-hydrogen) atoms. The van der Waals surface area contributed by atoms with Crippen molar-refractivity contribution in [1.29, 1.82) is 0 Å². The minimum absolute atomic E-state index is 0.0295. The molecule has 4 fully saturated rings. The van der Waals surface area contributed by atoms with Crippen LogP contribution in [-0.4, -0.2) is 39.4 Å². The third-order valence-electron chi connectivity index (χ3n) is 11.5. The molecular weight excluding hydrogens is 480 g/mol. The Morgan fingerprint density at radius 3 is 2.68 bits per heavy atom. The van der Waals surface area contributed by atoms with Crippen molar-refractivity contribution in [3.8, 4) is 0 Å². The van der Waals surface area contributed by atoms with Gasteiger partial charge < -0.3 is 9.47 Å². The molecule has 0 N–H and O–H groups in total. The Morgan fingerprint density at radius 1 is 1.08 bits per heavy atom. The van der Waals surface area contributed by atoms with Crippen molar-refractivity contribution in [2.24, 2.45) is 34.5 Å². The maximum Gasteiger partial charge on any atom is 0.157 e. The van der Waals surface area contributed by atoms with Gasteiger partial charge in [0.15, 0.2) is 6.29 Å². The maximum atomic E-state index is 11.4. The first-order chi connectivity index (χ1) is 17.6. The minimum atomic E-state index is -2.84. The molecule has 5 aliphatic rings. The van der Waals surface area contributed by atoms with Crippen LogP contribution in [0.4, 0.5) is 0 Å². The van der Waals surface area contributed by atoms with Gasteiger partial charge in [-0.3, -0.25) is 0 Å². The summed E-state index contributed by atoms with van der Waals surface area (Å²) in [6.07, 6.45) is 23.4. The summed E-state index contributed by atoms with van der Waals surface area (Å²) in [7, 11) is -2.84. The van der Waals surface area contributed by atoms with Gasteiger partial charge in [-0.25, -0.2) is 8.42 Å². The van der Waals surface area contributed by atoms with Crippen LogP contribution in [-0.2, 0) is 19.3 Å². The van der Waals surface area contributed by atoms with Gasteiger partial charge in [0.1, 0.15) is 9.84 Å².